The van der Waals surface area contributed by atoms with Crippen LogP contribution in [-0.4, -0.2) is 83.6 Å². The Kier molecular flexibility index (Phi) is 18.0. The van der Waals surface area contributed by atoms with Crippen molar-refractivity contribution in [1.82, 2.24) is 21.3 Å². The predicted molar refractivity (Wildman–Crippen MR) is 178 cm³/mol. The smallest absolute Gasteiger partial charge is 0.252 e. The van der Waals surface area contributed by atoms with E-state index in [4.69, 9.17) is 22.9 Å². The number of nitrogens with one attached hydrogen (secondary N) is 4. The number of phenols is 2. The summed E-state index contributed by atoms with van der Waals surface area (Å²) in [5, 5.41) is 30.9. The van der Waals surface area contributed by atoms with Crippen molar-refractivity contribution < 1.29 is 34.2 Å². The standard InChI is InChI=1S/C28H38N8O7.3ClH/c29-7-1-2-19-26(41)35-20(27(42)36-23(24(32)39)28(43)33-9-8-30)13-17-11-15(4-6-22(17)38)14-3-5-21(37)16(10-14)12-18(31)25(40)34-19;;;/h3-6,10-11,18-20,23,37-38H,1-2,7-9,12-13,29-31H2,(H2,32,39)(H,33,43)(H,34,40)(H,35,41)(H,36,42);3*1H/t18-,19-,20-,23-;;;/m0.../s1. The Labute approximate surface area is 284 Å². The summed E-state index contributed by atoms with van der Waals surface area (Å²) < 4.78 is 0. The van der Waals surface area contributed by atoms with Gasteiger partial charge in [-0.2, -0.15) is 0 Å². The molecule has 0 aliphatic carbocycles. The minimum atomic E-state index is -1.78. The van der Waals surface area contributed by atoms with Gasteiger partial charge in [0.15, 0.2) is 6.04 Å². The lowest BCUT2D eigenvalue weighted by atomic mass is 9.95. The van der Waals surface area contributed by atoms with Crippen LogP contribution in [0.5, 0.6) is 11.5 Å². The number of benzene rings is 2. The average molecular weight is 708 g/mol. The molecule has 0 spiro atoms. The number of hydrogen-bond donors (Lipinski definition) is 10. The summed E-state index contributed by atoms with van der Waals surface area (Å²) in [7, 11) is 0. The number of halogens is 3. The summed E-state index contributed by atoms with van der Waals surface area (Å²) in [5.41, 5.74) is 24.4. The highest BCUT2D eigenvalue weighted by molar-refractivity contribution is 6.07. The zero-order valence-electron chi connectivity index (χ0n) is 24.7. The van der Waals surface area contributed by atoms with Gasteiger partial charge in [-0.15, -0.1) is 37.2 Å². The van der Waals surface area contributed by atoms with Crippen LogP contribution in [0.3, 0.4) is 0 Å². The zero-order valence-corrected chi connectivity index (χ0v) is 27.1. The minimum absolute atomic E-state index is 0. The molecule has 2 aromatic rings. The molecule has 18 heteroatoms. The molecule has 0 saturated carbocycles. The molecule has 1 aliphatic heterocycles. The molecule has 1 heterocycles. The number of carbonyl (C=O) groups excluding carboxylic acids is 5. The van der Waals surface area contributed by atoms with E-state index < -0.39 is 53.7 Å². The molecule has 14 N–H and O–H groups in total. The van der Waals surface area contributed by atoms with Gasteiger partial charge in [-0.25, -0.2) is 0 Å². The van der Waals surface area contributed by atoms with Gasteiger partial charge in [0.25, 0.3) is 5.91 Å². The van der Waals surface area contributed by atoms with Gasteiger partial charge in [0, 0.05) is 25.9 Å². The third-order valence-corrected chi connectivity index (χ3v) is 6.93. The summed E-state index contributed by atoms with van der Waals surface area (Å²) in [6.45, 7) is 0.291. The Morgan fingerprint density at radius 1 is 0.870 bits per heavy atom. The van der Waals surface area contributed by atoms with Gasteiger partial charge in [-0.3, -0.25) is 24.0 Å². The lowest BCUT2D eigenvalue weighted by molar-refractivity contribution is -0.137. The summed E-state index contributed by atoms with van der Waals surface area (Å²) >= 11 is 0. The number of carbonyl (C=O) groups is 5. The van der Waals surface area contributed by atoms with Gasteiger partial charge in [0.05, 0.1) is 6.04 Å². The van der Waals surface area contributed by atoms with Crippen LogP contribution >= 0.6 is 37.2 Å². The maximum Gasteiger partial charge on any atom is 0.252 e. The molecule has 4 atom stereocenters. The second-order valence-corrected chi connectivity index (χ2v) is 10.2. The quantitative estimate of drug-likeness (QED) is 0.131. The highest BCUT2D eigenvalue weighted by atomic mass is 35.5. The van der Waals surface area contributed by atoms with Crippen molar-refractivity contribution in [2.75, 3.05) is 19.6 Å². The normalized spacial score (nSPS) is 18.3. The van der Waals surface area contributed by atoms with E-state index in [-0.39, 0.29) is 93.2 Å². The summed E-state index contributed by atoms with van der Waals surface area (Å²) in [5.74, 6) is -4.73. The molecule has 0 saturated heterocycles. The molecule has 0 unspecified atom stereocenters. The molecule has 0 radical (unpaired) electrons. The fourth-order valence-corrected chi connectivity index (χ4v) is 4.56. The Bertz CT molecular complexity index is 1380. The number of rotatable bonds is 9. The Hall–Kier alpha value is -3.86. The first-order chi connectivity index (χ1) is 20.4. The monoisotopic (exact) mass is 706 g/mol. The Morgan fingerprint density at radius 3 is 1.96 bits per heavy atom. The lowest BCUT2D eigenvalue weighted by Crippen LogP contribution is -2.60. The minimum Gasteiger partial charge on any atom is -0.508 e. The Morgan fingerprint density at radius 2 is 1.43 bits per heavy atom. The van der Waals surface area contributed by atoms with Crippen LogP contribution in [0.25, 0.3) is 11.1 Å². The van der Waals surface area contributed by atoms with Crippen molar-refractivity contribution in [3.05, 3.63) is 47.5 Å². The van der Waals surface area contributed by atoms with Crippen molar-refractivity contribution >= 4 is 66.8 Å². The van der Waals surface area contributed by atoms with Crippen LogP contribution in [0.2, 0.25) is 0 Å². The largest absolute Gasteiger partial charge is 0.508 e. The predicted octanol–water partition coefficient (Wildman–Crippen LogP) is -1.79. The number of nitrogens with two attached hydrogens (primary N) is 4. The van der Waals surface area contributed by atoms with Crippen LogP contribution in [0.4, 0.5) is 0 Å². The molecule has 3 rings (SSSR count). The van der Waals surface area contributed by atoms with E-state index in [2.05, 4.69) is 21.3 Å². The van der Waals surface area contributed by atoms with Gasteiger partial charge < -0.3 is 54.4 Å². The molecule has 0 fully saturated rings. The fraction of sp³-hybridized carbons (Fsp3) is 0.393. The zero-order chi connectivity index (χ0) is 31.7. The van der Waals surface area contributed by atoms with E-state index in [1.165, 1.54) is 12.1 Å². The van der Waals surface area contributed by atoms with Crippen molar-refractivity contribution in [2.45, 2.75) is 49.9 Å². The first kappa shape index (κ1) is 42.1. The van der Waals surface area contributed by atoms with E-state index in [0.29, 0.717) is 23.1 Å². The highest BCUT2D eigenvalue weighted by Crippen LogP contribution is 2.31. The molecular weight excluding hydrogens is 667 g/mol. The third-order valence-electron chi connectivity index (χ3n) is 6.93. The molecule has 46 heavy (non-hydrogen) atoms. The number of hydrogen-bond acceptors (Lipinski definition) is 10. The van der Waals surface area contributed by atoms with Crippen molar-refractivity contribution in [1.29, 1.82) is 0 Å². The molecule has 4 bridgehead atoms. The Balaban J connectivity index is 0.00000675. The van der Waals surface area contributed by atoms with Gasteiger partial charge in [0.2, 0.25) is 23.6 Å². The van der Waals surface area contributed by atoms with Crippen LogP contribution in [0.15, 0.2) is 36.4 Å². The number of primary amides is 1. The third kappa shape index (κ3) is 11.2. The fourth-order valence-electron chi connectivity index (χ4n) is 4.56. The lowest BCUT2D eigenvalue weighted by Gasteiger charge is -2.25. The van der Waals surface area contributed by atoms with Crippen molar-refractivity contribution in [3.63, 3.8) is 0 Å². The average Bonchev–Trinajstić information content (AvgIpc) is 2.97. The summed E-state index contributed by atoms with van der Waals surface area (Å²) in [6.07, 6.45) is 0.103. The van der Waals surface area contributed by atoms with Gasteiger partial charge in [-0.05, 0) is 65.9 Å². The van der Waals surface area contributed by atoms with Gasteiger partial charge in [-0.1, -0.05) is 12.1 Å². The highest BCUT2D eigenvalue weighted by Gasteiger charge is 2.33. The van der Waals surface area contributed by atoms with E-state index in [1.807, 2.05) is 0 Å². The number of aromatic hydroxyl groups is 2. The van der Waals surface area contributed by atoms with Gasteiger partial charge in [0.1, 0.15) is 23.6 Å². The van der Waals surface area contributed by atoms with E-state index in [1.54, 1.807) is 24.3 Å². The van der Waals surface area contributed by atoms with E-state index in [0.717, 1.165) is 0 Å². The first-order valence-corrected chi connectivity index (χ1v) is 13.7. The molecule has 15 nitrogen and oxygen atoms in total. The van der Waals surface area contributed by atoms with Crippen LogP contribution < -0.4 is 44.2 Å². The van der Waals surface area contributed by atoms with Gasteiger partial charge >= 0.3 is 0 Å². The summed E-state index contributed by atoms with van der Waals surface area (Å²) in [6, 6.07) is 3.80. The first-order valence-electron chi connectivity index (χ1n) is 13.7. The molecular formula is C28H41Cl3N8O7. The van der Waals surface area contributed by atoms with Crippen LogP contribution in [0.1, 0.15) is 24.0 Å². The topological polar surface area (TPSA) is 278 Å². The molecule has 5 amide bonds. The molecule has 0 aromatic heterocycles. The van der Waals surface area contributed by atoms with E-state index in [9.17, 15) is 34.2 Å². The van der Waals surface area contributed by atoms with Crippen LogP contribution in [0, 0.1) is 0 Å². The van der Waals surface area contributed by atoms with Crippen molar-refractivity contribution in [3.8, 4) is 22.6 Å². The number of phenolic OH excluding ortho intramolecular Hbond substituents is 2. The molecule has 1 aliphatic rings. The second-order valence-electron chi connectivity index (χ2n) is 10.2. The number of fused-ring (bicyclic) bond motifs is 5. The van der Waals surface area contributed by atoms with E-state index >= 15 is 0 Å². The maximum absolute atomic E-state index is 13.5. The molecule has 2 aromatic carbocycles. The maximum atomic E-state index is 13.5. The number of amides is 5. The molecule has 256 valence electrons. The van der Waals surface area contributed by atoms with Crippen molar-refractivity contribution in [2.24, 2.45) is 22.9 Å². The van der Waals surface area contributed by atoms with Crippen LogP contribution in [-0.2, 0) is 36.8 Å². The summed E-state index contributed by atoms with van der Waals surface area (Å²) in [4.78, 5) is 64.5. The SMILES string of the molecule is Cl.Cl.Cl.NCCC[C@@H]1NC(=O)[C@@H](N)Cc2cc(ccc2O)-c2ccc(O)c(c2)C[C@@H](C(=O)N[C@@H](C(N)=O)C(=O)NCCN)NC1=O. The second kappa shape index (κ2) is 19.6.